The van der Waals surface area contributed by atoms with Crippen LogP contribution in [0.3, 0.4) is 0 Å². The minimum Gasteiger partial charge on any atom is -0.491 e. The van der Waals surface area contributed by atoms with E-state index in [-0.39, 0.29) is 6.10 Å². The molecule has 1 aromatic carbocycles. The van der Waals surface area contributed by atoms with Gasteiger partial charge >= 0.3 is 0 Å². The fourth-order valence-corrected chi connectivity index (χ4v) is 1.67. The van der Waals surface area contributed by atoms with Gasteiger partial charge in [0, 0.05) is 26.7 Å². The number of hydrogen-bond acceptors (Lipinski definition) is 3. The topological polar surface area (TPSA) is 30.5 Å². The molecule has 18 heavy (non-hydrogen) atoms. The molecule has 0 radical (unpaired) electrons. The third-order valence-corrected chi connectivity index (χ3v) is 2.75. The van der Waals surface area contributed by atoms with Crippen LogP contribution in [-0.2, 0) is 11.3 Å². The molecule has 0 amide bonds. The fraction of sp³-hybridized carbons (Fsp3) is 0.600. The molecular weight excluding hydrogens is 226 g/mol. The molecule has 0 aliphatic carbocycles. The van der Waals surface area contributed by atoms with E-state index in [9.17, 15) is 0 Å². The van der Waals surface area contributed by atoms with Crippen LogP contribution in [0.25, 0.3) is 0 Å². The largest absolute Gasteiger partial charge is 0.491 e. The molecule has 0 saturated heterocycles. The van der Waals surface area contributed by atoms with Gasteiger partial charge in [-0.25, -0.2) is 0 Å². The summed E-state index contributed by atoms with van der Waals surface area (Å²) in [5.74, 6) is 0.929. The molecule has 0 aromatic heterocycles. The summed E-state index contributed by atoms with van der Waals surface area (Å²) in [4.78, 5) is 0. The van der Waals surface area contributed by atoms with Gasteiger partial charge in [-0.05, 0) is 37.6 Å². The lowest BCUT2D eigenvalue weighted by Crippen LogP contribution is -2.15. The van der Waals surface area contributed by atoms with Gasteiger partial charge in [0.1, 0.15) is 5.75 Å². The Morgan fingerprint density at radius 2 is 1.94 bits per heavy atom. The molecule has 102 valence electrons. The van der Waals surface area contributed by atoms with Crippen molar-refractivity contribution < 1.29 is 9.47 Å². The zero-order chi connectivity index (χ0) is 13.2. The number of benzene rings is 1. The van der Waals surface area contributed by atoms with Gasteiger partial charge in [0.05, 0.1) is 6.10 Å². The highest BCUT2D eigenvalue weighted by Gasteiger charge is 2.03. The monoisotopic (exact) mass is 251 g/mol. The zero-order valence-corrected chi connectivity index (χ0v) is 11.7. The van der Waals surface area contributed by atoms with E-state index in [4.69, 9.17) is 9.47 Å². The minimum absolute atomic E-state index is 0.189. The number of nitrogens with one attached hydrogen (secondary N) is 1. The molecule has 3 heteroatoms. The summed E-state index contributed by atoms with van der Waals surface area (Å²) in [5, 5.41) is 3.38. The Labute approximate surface area is 110 Å². The Kier molecular flexibility index (Phi) is 7.46. The first-order valence-corrected chi connectivity index (χ1v) is 6.71. The van der Waals surface area contributed by atoms with Crippen molar-refractivity contribution in [2.24, 2.45) is 0 Å². The number of rotatable bonds is 9. The molecule has 0 saturated carbocycles. The van der Waals surface area contributed by atoms with E-state index in [1.54, 1.807) is 7.11 Å². The first-order valence-electron chi connectivity index (χ1n) is 6.71. The van der Waals surface area contributed by atoms with Crippen molar-refractivity contribution in [1.82, 2.24) is 5.32 Å². The van der Waals surface area contributed by atoms with Gasteiger partial charge in [-0.2, -0.15) is 0 Å². The summed E-state index contributed by atoms with van der Waals surface area (Å²) in [7, 11) is 1.71. The highest BCUT2D eigenvalue weighted by Crippen LogP contribution is 2.14. The summed E-state index contributed by atoms with van der Waals surface area (Å²) >= 11 is 0. The maximum atomic E-state index is 5.80. The molecule has 0 spiro atoms. The molecule has 1 unspecified atom stereocenters. The second-order valence-electron chi connectivity index (χ2n) is 4.53. The molecule has 0 fully saturated rings. The molecule has 1 atom stereocenters. The van der Waals surface area contributed by atoms with Gasteiger partial charge in [-0.15, -0.1) is 0 Å². The Hall–Kier alpha value is -1.06. The zero-order valence-electron chi connectivity index (χ0n) is 11.7. The van der Waals surface area contributed by atoms with E-state index in [0.29, 0.717) is 0 Å². The van der Waals surface area contributed by atoms with Crippen molar-refractivity contribution in [2.45, 2.75) is 39.3 Å². The Morgan fingerprint density at radius 1 is 1.22 bits per heavy atom. The lowest BCUT2D eigenvalue weighted by Gasteiger charge is -2.14. The molecule has 0 heterocycles. The number of ether oxygens (including phenoxy) is 2. The maximum Gasteiger partial charge on any atom is 0.119 e. The second kappa shape index (κ2) is 8.95. The van der Waals surface area contributed by atoms with Crippen molar-refractivity contribution >= 4 is 0 Å². The van der Waals surface area contributed by atoms with E-state index in [1.807, 2.05) is 12.1 Å². The fourth-order valence-electron chi connectivity index (χ4n) is 1.67. The van der Waals surface area contributed by atoms with Gasteiger partial charge < -0.3 is 14.8 Å². The summed E-state index contributed by atoms with van der Waals surface area (Å²) in [6.07, 6.45) is 2.27. The van der Waals surface area contributed by atoms with Gasteiger partial charge in [-0.1, -0.05) is 19.1 Å². The first-order chi connectivity index (χ1) is 8.76. The van der Waals surface area contributed by atoms with Crippen molar-refractivity contribution in [3.8, 4) is 5.75 Å². The second-order valence-corrected chi connectivity index (χ2v) is 4.53. The maximum absolute atomic E-state index is 5.80. The SMILES string of the molecule is CCCNCc1ccc(OC(C)CCOC)cc1. The quantitative estimate of drug-likeness (QED) is 0.684. The standard InChI is InChI=1S/C15H25NO2/c1-4-10-16-12-14-5-7-15(8-6-14)18-13(2)9-11-17-3/h5-8,13,16H,4,9-12H2,1-3H3. The Balaban J connectivity index is 2.35. The van der Waals surface area contributed by atoms with E-state index in [1.165, 1.54) is 5.56 Å². The molecule has 1 aromatic rings. The van der Waals surface area contributed by atoms with E-state index < -0.39 is 0 Å². The van der Waals surface area contributed by atoms with E-state index >= 15 is 0 Å². The summed E-state index contributed by atoms with van der Waals surface area (Å²) < 4.78 is 10.8. The molecule has 0 bridgehead atoms. The molecule has 1 N–H and O–H groups in total. The van der Waals surface area contributed by atoms with Crippen LogP contribution in [0, 0.1) is 0 Å². The van der Waals surface area contributed by atoms with Crippen LogP contribution >= 0.6 is 0 Å². The normalized spacial score (nSPS) is 12.4. The minimum atomic E-state index is 0.189. The highest BCUT2D eigenvalue weighted by molar-refractivity contribution is 5.27. The molecule has 1 rings (SSSR count). The van der Waals surface area contributed by atoms with Crippen LogP contribution < -0.4 is 10.1 Å². The predicted molar refractivity (Wildman–Crippen MR) is 75.0 cm³/mol. The lowest BCUT2D eigenvalue weighted by atomic mass is 10.2. The van der Waals surface area contributed by atoms with Gasteiger partial charge in [0.25, 0.3) is 0 Å². The number of hydrogen-bond donors (Lipinski definition) is 1. The van der Waals surface area contributed by atoms with E-state index in [0.717, 1.165) is 38.3 Å². The van der Waals surface area contributed by atoms with Crippen LogP contribution in [0.15, 0.2) is 24.3 Å². The lowest BCUT2D eigenvalue weighted by molar-refractivity contribution is 0.135. The van der Waals surface area contributed by atoms with Crippen molar-refractivity contribution in [2.75, 3.05) is 20.3 Å². The molecule has 0 aliphatic heterocycles. The van der Waals surface area contributed by atoms with Crippen molar-refractivity contribution in [3.63, 3.8) is 0 Å². The first kappa shape index (κ1) is 15.0. The smallest absolute Gasteiger partial charge is 0.119 e. The van der Waals surface area contributed by atoms with Crippen LogP contribution in [0.1, 0.15) is 32.3 Å². The molecular formula is C15H25NO2. The van der Waals surface area contributed by atoms with Gasteiger partial charge in [-0.3, -0.25) is 0 Å². The highest BCUT2D eigenvalue weighted by atomic mass is 16.5. The van der Waals surface area contributed by atoms with Gasteiger partial charge in [0.15, 0.2) is 0 Å². The van der Waals surface area contributed by atoms with Gasteiger partial charge in [0.2, 0.25) is 0 Å². The third kappa shape index (κ3) is 6.03. The van der Waals surface area contributed by atoms with E-state index in [2.05, 4.69) is 31.3 Å². The summed E-state index contributed by atoms with van der Waals surface area (Å²) in [5.41, 5.74) is 1.29. The summed E-state index contributed by atoms with van der Waals surface area (Å²) in [6, 6.07) is 8.29. The van der Waals surface area contributed by atoms with Crippen molar-refractivity contribution in [3.05, 3.63) is 29.8 Å². The molecule has 0 aliphatic rings. The average Bonchev–Trinajstić information content (AvgIpc) is 2.39. The Bertz CT molecular complexity index is 311. The van der Waals surface area contributed by atoms with Crippen LogP contribution in [-0.4, -0.2) is 26.4 Å². The third-order valence-electron chi connectivity index (χ3n) is 2.75. The summed E-state index contributed by atoms with van der Waals surface area (Å²) in [6.45, 7) is 6.96. The predicted octanol–water partition coefficient (Wildman–Crippen LogP) is 2.99. The van der Waals surface area contributed by atoms with Crippen LogP contribution in [0.2, 0.25) is 0 Å². The number of methoxy groups -OCH3 is 1. The molecule has 3 nitrogen and oxygen atoms in total. The Morgan fingerprint density at radius 3 is 2.56 bits per heavy atom. The van der Waals surface area contributed by atoms with Crippen molar-refractivity contribution in [1.29, 1.82) is 0 Å². The van der Waals surface area contributed by atoms with Crippen LogP contribution in [0.4, 0.5) is 0 Å². The van der Waals surface area contributed by atoms with Crippen LogP contribution in [0.5, 0.6) is 5.75 Å². The average molecular weight is 251 g/mol.